The summed E-state index contributed by atoms with van der Waals surface area (Å²) in [6.45, 7) is 3.50. The molecule has 0 bridgehead atoms. The highest BCUT2D eigenvalue weighted by atomic mass is 35.5. The first kappa shape index (κ1) is 13.6. The molecule has 1 N–H and O–H groups in total. The fourth-order valence-electron chi connectivity index (χ4n) is 2.82. The number of morpholine rings is 1. The number of anilines is 1. The largest absolute Gasteiger partial charge is 0.378 e. The molecule has 0 spiro atoms. The number of H-pyrrole nitrogens is 1. The number of rotatable bonds is 2. The highest BCUT2D eigenvalue weighted by Gasteiger charge is 2.12. The summed E-state index contributed by atoms with van der Waals surface area (Å²) in [6.07, 6.45) is 1.71. The Bertz CT molecular complexity index is 791. The third kappa shape index (κ3) is 2.45. The van der Waals surface area contributed by atoms with E-state index in [9.17, 15) is 0 Å². The number of pyridine rings is 1. The van der Waals surface area contributed by atoms with Gasteiger partial charge in [0.05, 0.1) is 18.2 Å². The maximum absolute atomic E-state index is 6.21. The lowest BCUT2D eigenvalue weighted by atomic mass is 10.1. The number of hydrogen-bond acceptors (Lipinski definition) is 3. The fourth-order valence-corrected chi connectivity index (χ4v) is 3.02. The molecule has 0 aliphatic carbocycles. The summed E-state index contributed by atoms with van der Waals surface area (Å²) < 4.78 is 5.39. The van der Waals surface area contributed by atoms with Crippen LogP contribution < -0.4 is 4.90 Å². The highest BCUT2D eigenvalue weighted by molar-refractivity contribution is 6.35. The Morgan fingerprint density at radius 1 is 1.09 bits per heavy atom. The lowest BCUT2D eigenvalue weighted by Crippen LogP contribution is -2.36. The molecule has 0 saturated carbocycles. The smallest absolute Gasteiger partial charge is 0.139 e. The van der Waals surface area contributed by atoms with Crippen molar-refractivity contribution in [3.63, 3.8) is 0 Å². The molecule has 1 aliphatic rings. The van der Waals surface area contributed by atoms with Gasteiger partial charge in [0.25, 0.3) is 0 Å². The van der Waals surface area contributed by atoms with Gasteiger partial charge in [-0.3, -0.25) is 0 Å². The second-order valence-electron chi connectivity index (χ2n) is 5.38. The van der Waals surface area contributed by atoms with Crippen LogP contribution in [0.1, 0.15) is 0 Å². The van der Waals surface area contributed by atoms with Crippen molar-refractivity contribution in [2.24, 2.45) is 0 Å². The number of benzene rings is 1. The van der Waals surface area contributed by atoms with Crippen LogP contribution in [0.4, 0.5) is 5.69 Å². The second kappa shape index (κ2) is 5.63. The number of aromatic amines is 1. The van der Waals surface area contributed by atoms with E-state index in [0.29, 0.717) is 0 Å². The Morgan fingerprint density at radius 3 is 2.59 bits per heavy atom. The van der Waals surface area contributed by atoms with Gasteiger partial charge in [0.1, 0.15) is 5.65 Å². The molecule has 1 aromatic carbocycles. The van der Waals surface area contributed by atoms with E-state index in [2.05, 4.69) is 45.2 Å². The van der Waals surface area contributed by atoms with E-state index in [-0.39, 0.29) is 0 Å². The Hall–Kier alpha value is -2.04. The van der Waals surface area contributed by atoms with Crippen LogP contribution in [-0.2, 0) is 4.74 Å². The zero-order valence-corrected chi connectivity index (χ0v) is 12.8. The normalized spacial score (nSPS) is 15.4. The van der Waals surface area contributed by atoms with Gasteiger partial charge in [-0.2, -0.15) is 0 Å². The Balaban J connectivity index is 1.65. The molecular formula is C17H16ClN3O. The molecule has 1 aliphatic heterocycles. The van der Waals surface area contributed by atoms with E-state index in [1.165, 1.54) is 5.69 Å². The minimum absolute atomic E-state index is 0.720. The van der Waals surface area contributed by atoms with Crippen LogP contribution in [0.5, 0.6) is 0 Å². The monoisotopic (exact) mass is 313 g/mol. The molecule has 0 atom stereocenters. The summed E-state index contributed by atoms with van der Waals surface area (Å²) in [6, 6.07) is 12.4. The lowest BCUT2D eigenvalue weighted by Gasteiger charge is -2.28. The van der Waals surface area contributed by atoms with Gasteiger partial charge in [0.15, 0.2) is 0 Å². The SMILES string of the molecule is Clc1ccnc2[nH]c(-c3ccc(N4CCOCC4)cc3)cc12. The van der Waals surface area contributed by atoms with E-state index >= 15 is 0 Å². The first-order valence-corrected chi connectivity index (χ1v) is 7.75. The van der Waals surface area contributed by atoms with Crippen molar-refractivity contribution in [2.45, 2.75) is 0 Å². The van der Waals surface area contributed by atoms with E-state index < -0.39 is 0 Å². The van der Waals surface area contributed by atoms with Crippen LogP contribution >= 0.6 is 11.6 Å². The van der Waals surface area contributed by atoms with Crippen LogP contribution in [0.25, 0.3) is 22.3 Å². The summed E-state index contributed by atoms with van der Waals surface area (Å²) in [4.78, 5) is 9.98. The topological polar surface area (TPSA) is 41.2 Å². The van der Waals surface area contributed by atoms with Crippen LogP contribution in [0.15, 0.2) is 42.6 Å². The van der Waals surface area contributed by atoms with E-state index in [1.54, 1.807) is 6.20 Å². The van der Waals surface area contributed by atoms with E-state index in [4.69, 9.17) is 16.3 Å². The number of ether oxygens (including phenoxy) is 1. The predicted octanol–water partition coefficient (Wildman–Crippen LogP) is 3.72. The summed E-state index contributed by atoms with van der Waals surface area (Å²) in [5, 5.41) is 1.67. The molecule has 22 heavy (non-hydrogen) atoms. The average Bonchev–Trinajstić information content (AvgIpc) is 3.02. The Kier molecular flexibility index (Phi) is 3.48. The van der Waals surface area contributed by atoms with Crippen molar-refractivity contribution in [3.05, 3.63) is 47.6 Å². The first-order chi connectivity index (χ1) is 10.8. The summed E-state index contributed by atoms with van der Waals surface area (Å²) in [5.41, 5.74) is 4.22. The predicted molar refractivity (Wildman–Crippen MR) is 89.6 cm³/mol. The molecule has 0 radical (unpaired) electrons. The van der Waals surface area contributed by atoms with Gasteiger partial charge >= 0.3 is 0 Å². The van der Waals surface area contributed by atoms with Crippen molar-refractivity contribution in [3.8, 4) is 11.3 Å². The molecule has 0 amide bonds. The van der Waals surface area contributed by atoms with Crippen molar-refractivity contribution in [1.82, 2.24) is 9.97 Å². The molecule has 1 saturated heterocycles. The maximum Gasteiger partial charge on any atom is 0.139 e. The minimum Gasteiger partial charge on any atom is -0.378 e. The average molecular weight is 314 g/mol. The van der Waals surface area contributed by atoms with Crippen molar-refractivity contribution < 1.29 is 4.74 Å². The lowest BCUT2D eigenvalue weighted by molar-refractivity contribution is 0.122. The van der Waals surface area contributed by atoms with Gasteiger partial charge in [-0.1, -0.05) is 23.7 Å². The van der Waals surface area contributed by atoms with Gasteiger partial charge in [-0.15, -0.1) is 0 Å². The number of nitrogens with one attached hydrogen (secondary N) is 1. The van der Waals surface area contributed by atoms with Gasteiger partial charge < -0.3 is 14.6 Å². The molecule has 4 nitrogen and oxygen atoms in total. The molecular weight excluding hydrogens is 298 g/mol. The van der Waals surface area contributed by atoms with Crippen LogP contribution in [-0.4, -0.2) is 36.3 Å². The molecule has 5 heteroatoms. The van der Waals surface area contributed by atoms with Crippen molar-refractivity contribution >= 4 is 28.3 Å². The number of halogens is 1. The third-order valence-electron chi connectivity index (χ3n) is 4.03. The number of hydrogen-bond donors (Lipinski definition) is 1. The molecule has 3 heterocycles. The summed E-state index contributed by atoms with van der Waals surface area (Å²) >= 11 is 6.21. The number of nitrogens with zero attached hydrogens (tertiary/aromatic N) is 2. The zero-order valence-electron chi connectivity index (χ0n) is 12.1. The van der Waals surface area contributed by atoms with E-state index in [0.717, 1.165) is 53.6 Å². The second-order valence-corrected chi connectivity index (χ2v) is 5.79. The Morgan fingerprint density at radius 2 is 1.86 bits per heavy atom. The van der Waals surface area contributed by atoms with Gasteiger partial charge in [0, 0.05) is 36.1 Å². The number of fused-ring (bicyclic) bond motifs is 1. The fraction of sp³-hybridized carbons (Fsp3) is 0.235. The maximum atomic E-state index is 6.21. The molecule has 0 unspecified atom stereocenters. The summed E-state index contributed by atoms with van der Waals surface area (Å²) in [7, 11) is 0. The standard InChI is InChI=1S/C17H16ClN3O/c18-15-5-6-19-17-14(15)11-16(20-17)12-1-3-13(4-2-12)21-7-9-22-10-8-21/h1-6,11H,7-10H2,(H,19,20). The first-order valence-electron chi connectivity index (χ1n) is 7.37. The molecule has 2 aromatic heterocycles. The van der Waals surface area contributed by atoms with Gasteiger partial charge in [0.2, 0.25) is 0 Å². The zero-order chi connectivity index (χ0) is 14.9. The number of aromatic nitrogens is 2. The van der Waals surface area contributed by atoms with Crippen molar-refractivity contribution in [2.75, 3.05) is 31.2 Å². The van der Waals surface area contributed by atoms with Crippen LogP contribution in [0.2, 0.25) is 5.02 Å². The van der Waals surface area contributed by atoms with Crippen LogP contribution in [0, 0.1) is 0 Å². The Labute approximate surface area is 133 Å². The third-order valence-corrected chi connectivity index (χ3v) is 4.36. The summed E-state index contributed by atoms with van der Waals surface area (Å²) in [5.74, 6) is 0. The van der Waals surface area contributed by atoms with Gasteiger partial charge in [-0.25, -0.2) is 4.98 Å². The quantitative estimate of drug-likeness (QED) is 0.784. The van der Waals surface area contributed by atoms with Crippen molar-refractivity contribution in [1.29, 1.82) is 0 Å². The highest BCUT2D eigenvalue weighted by Crippen LogP contribution is 2.29. The van der Waals surface area contributed by atoms with Crippen LogP contribution in [0.3, 0.4) is 0 Å². The molecule has 4 rings (SSSR count). The van der Waals surface area contributed by atoms with E-state index in [1.807, 2.05) is 6.07 Å². The molecule has 112 valence electrons. The minimum atomic E-state index is 0.720. The molecule has 1 fully saturated rings. The molecule has 3 aromatic rings. The van der Waals surface area contributed by atoms with Gasteiger partial charge in [-0.05, 0) is 29.8 Å².